The lowest BCUT2D eigenvalue weighted by atomic mass is 9.91. The standard InChI is InChI=1S/C19H23FN2O/c1-23-18-11-5-2-7-14(18)13-22-17-10-6-12-21-19(17)15-8-3-4-9-16(15)20/h2-5,7-9,11,17,19,21-22H,6,10,12-13H2,1H3/t17-,19-/m1/s1. The lowest BCUT2D eigenvalue weighted by Crippen LogP contribution is -2.46. The molecule has 2 aromatic carbocycles. The first kappa shape index (κ1) is 16.0. The number of piperidine rings is 1. The van der Waals surface area contributed by atoms with Crippen LogP contribution in [0.1, 0.15) is 30.0 Å². The smallest absolute Gasteiger partial charge is 0.128 e. The van der Waals surface area contributed by atoms with Crippen LogP contribution in [0.25, 0.3) is 0 Å². The fourth-order valence-corrected chi connectivity index (χ4v) is 3.25. The molecule has 1 fully saturated rings. The number of hydrogen-bond donors (Lipinski definition) is 2. The molecule has 0 spiro atoms. The molecule has 3 nitrogen and oxygen atoms in total. The summed E-state index contributed by atoms with van der Waals surface area (Å²) in [5, 5.41) is 7.04. The van der Waals surface area contributed by atoms with E-state index >= 15 is 0 Å². The normalized spacial score (nSPS) is 21.1. The van der Waals surface area contributed by atoms with Crippen LogP contribution in [-0.2, 0) is 6.54 Å². The molecule has 0 bridgehead atoms. The van der Waals surface area contributed by atoms with Crippen LogP contribution in [0.2, 0.25) is 0 Å². The lowest BCUT2D eigenvalue weighted by Gasteiger charge is -2.34. The molecular formula is C19H23FN2O. The number of rotatable bonds is 5. The van der Waals surface area contributed by atoms with Crippen molar-refractivity contribution in [3.8, 4) is 5.75 Å². The van der Waals surface area contributed by atoms with E-state index in [9.17, 15) is 4.39 Å². The Kier molecular flexibility index (Phi) is 5.26. The van der Waals surface area contributed by atoms with Crippen LogP contribution in [0.15, 0.2) is 48.5 Å². The van der Waals surface area contributed by atoms with Crippen LogP contribution in [0.3, 0.4) is 0 Å². The van der Waals surface area contributed by atoms with Gasteiger partial charge in [-0.15, -0.1) is 0 Å². The van der Waals surface area contributed by atoms with Gasteiger partial charge in [-0.2, -0.15) is 0 Å². The number of halogens is 1. The molecule has 122 valence electrons. The summed E-state index contributed by atoms with van der Waals surface area (Å²) in [5.74, 6) is 0.738. The molecule has 1 heterocycles. The van der Waals surface area contributed by atoms with Crippen molar-refractivity contribution in [1.29, 1.82) is 0 Å². The van der Waals surface area contributed by atoms with Gasteiger partial charge in [0.05, 0.1) is 13.2 Å². The van der Waals surface area contributed by atoms with E-state index in [1.807, 2.05) is 30.3 Å². The SMILES string of the molecule is COc1ccccc1CN[C@@H]1CCCN[C@@H]1c1ccccc1F. The fourth-order valence-electron chi connectivity index (χ4n) is 3.25. The van der Waals surface area contributed by atoms with E-state index in [1.54, 1.807) is 13.2 Å². The molecule has 1 saturated heterocycles. The predicted molar refractivity (Wildman–Crippen MR) is 90.0 cm³/mol. The van der Waals surface area contributed by atoms with E-state index in [1.165, 1.54) is 6.07 Å². The van der Waals surface area contributed by atoms with Gasteiger partial charge in [0.1, 0.15) is 11.6 Å². The Morgan fingerprint density at radius 1 is 1.17 bits per heavy atom. The summed E-state index contributed by atoms with van der Waals surface area (Å²) in [6.07, 6.45) is 2.12. The summed E-state index contributed by atoms with van der Waals surface area (Å²) in [5.41, 5.74) is 1.86. The van der Waals surface area contributed by atoms with E-state index in [4.69, 9.17) is 4.74 Å². The van der Waals surface area contributed by atoms with Gasteiger partial charge in [0.15, 0.2) is 0 Å². The highest BCUT2D eigenvalue weighted by Crippen LogP contribution is 2.26. The van der Waals surface area contributed by atoms with Gasteiger partial charge >= 0.3 is 0 Å². The largest absolute Gasteiger partial charge is 0.496 e. The molecule has 0 amide bonds. The summed E-state index contributed by atoms with van der Waals surface area (Å²) in [7, 11) is 1.68. The van der Waals surface area contributed by atoms with Crippen LogP contribution >= 0.6 is 0 Å². The molecule has 0 radical (unpaired) electrons. The highest BCUT2D eigenvalue weighted by atomic mass is 19.1. The second-order valence-corrected chi connectivity index (χ2v) is 5.89. The molecule has 0 aromatic heterocycles. The van der Waals surface area contributed by atoms with Crippen LogP contribution in [0, 0.1) is 5.82 Å². The van der Waals surface area contributed by atoms with Gasteiger partial charge in [-0.3, -0.25) is 0 Å². The minimum absolute atomic E-state index is 0.000317. The Morgan fingerprint density at radius 2 is 1.96 bits per heavy atom. The maximum atomic E-state index is 14.1. The molecule has 4 heteroatoms. The van der Waals surface area contributed by atoms with Gasteiger partial charge in [0.2, 0.25) is 0 Å². The molecule has 2 N–H and O–H groups in total. The summed E-state index contributed by atoms with van der Waals surface area (Å²) < 4.78 is 19.5. The molecule has 0 saturated carbocycles. The van der Waals surface area contributed by atoms with Crippen LogP contribution in [-0.4, -0.2) is 19.7 Å². The average Bonchev–Trinajstić information content (AvgIpc) is 2.61. The molecule has 1 aliphatic rings. The van der Waals surface area contributed by atoms with E-state index in [-0.39, 0.29) is 17.9 Å². The second-order valence-electron chi connectivity index (χ2n) is 5.89. The van der Waals surface area contributed by atoms with Crippen molar-refractivity contribution in [2.24, 2.45) is 0 Å². The van der Waals surface area contributed by atoms with Crippen LogP contribution in [0.5, 0.6) is 5.75 Å². The Morgan fingerprint density at radius 3 is 2.78 bits per heavy atom. The Labute approximate surface area is 136 Å². The van der Waals surface area contributed by atoms with Crippen molar-refractivity contribution in [3.63, 3.8) is 0 Å². The lowest BCUT2D eigenvalue weighted by molar-refractivity contribution is 0.297. The Bertz CT molecular complexity index is 647. The first-order valence-corrected chi connectivity index (χ1v) is 8.12. The van der Waals surface area contributed by atoms with E-state index in [0.29, 0.717) is 6.54 Å². The molecule has 1 aliphatic heterocycles. The zero-order valence-corrected chi connectivity index (χ0v) is 13.4. The van der Waals surface area contributed by atoms with Crippen molar-refractivity contribution in [1.82, 2.24) is 10.6 Å². The molecule has 2 aromatic rings. The minimum atomic E-state index is -0.143. The number of ether oxygens (including phenoxy) is 1. The summed E-state index contributed by atoms with van der Waals surface area (Å²) in [6, 6.07) is 15.2. The van der Waals surface area contributed by atoms with Gasteiger partial charge in [-0.05, 0) is 31.5 Å². The zero-order chi connectivity index (χ0) is 16.1. The van der Waals surface area contributed by atoms with Gasteiger partial charge < -0.3 is 15.4 Å². The Hall–Kier alpha value is -1.91. The topological polar surface area (TPSA) is 33.3 Å². The molecule has 3 rings (SSSR count). The number of nitrogens with one attached hydrogen (secondary N) is 2. The maximum Gasteiger partial charge on any atom is 0.128 e. The van der Waals surface area contributed by atoms with Gasteiger partial charge in [0.25, 0.3) is 0 Å². The van der Waals surface area contributed by atoms with Crippen molar-refractivity contribution in [3.05, 3.63) is 65.5 Å². The van der Waals surface area contributed by atoms with Crippen LogP contribution < -0.4 is 15.4 Å². The number of para-hydroxylation sites is 1. The van der Waals surface area contributed by atoms with Crippen molar-refractivity contribution >= 4 is 0 Å². The molecule has 0 unspecified atom stereocenters. The van der Waals surface area contributed by atoms with Crippen molar-refractivity contribution < 1.29 is 9.13 Å². The van der Waals surface area contributed by atoms with Gasteiger partial charge in [-0.25, -0.2) is 4.39 Å². The molecule has 23 heavy (non-hydrogen) atoms. The highest BCUT2D eigenvalue weighted by Gasteiger charge is 2.27. The second kappa shape index (κ2) is 7.57. The first-order valence-electron chi connectivity index (χ1n) is 8.12. The van der Waals surface area contributed by atoms with E-state index < -0.39 is 0 Å². The fraction of sp³-hybridized carbons (Fsp3) is 0.368. The number of hydrogen-bond acceptors (Lipinski definition) is 3. The quantitative estimate of drug-likeness (QED) is 0.887. The molecule has 0 aliphatic carbocycles. The third-order valence-corrected chi connectivity index (χ3v) is 4.45. The number of benzene rings is 2. The highest BCUT2D eigenvalue weighted by molar-refractivity contribution is 5.33. The van der Waals surface area contributed by atoms with Gasteiger partial charge in [-0.1, -0.05) is 36.4 Å². The third-order valence-electron chi connectivity index (χ3n) is 4.45. The summed E-state index contributed by atoms with van der Waals surface area (Å²) >= 11 is 0. The number of methoxy groups -OCH3 is 1. The van der Waals surface area contributed by atoms with E-state index in [2.05, 4.69) is 16.7 Å². The van der Waals surface area contributed by atoms with Gasteiger partial charge in [0, 0.05) is 23.7 Å². The predicted octanol–water partition coefficient (Wildman–Crippen LogP) is 3.42. The monoisotopic (exact) mass is 314 g/mol. The first-order chi connectivity index (χ1) is 11.3. The van der Waals surface area contributed by atoms with E-state index in [0.717, 1.165) is 36.3 Å². The summed E-state index contributed by atoms with van der Waals surface area (Å²) in [4.78, 5) is 0. The Balaban J connectivity index is 1.73. The average molecular weight is 314 g/mol. The third kappa shape index (κ3) is 3.71. The zero-order valence-electron chi connectivity index (χ0n) is 13.4. The van der Waals surface area contributed by atoms with Crippen molar-refractivity contribution in [2.75, 3.05) is 13.7 Å². The maximum absolute atomic E-state index is 14.1. The molecule has 2 atom stereocenters. The van der Waals surface area contributed by atoms with Crippen LogP contribution in [0.4, 0.5) is 4.39 Å². The van der Waals surface area contributed by atoms with Crippen molar-refractivity contribution in [2.45, 2.75) is 31.5 Å². The summed E-state index contributed by atoms with van der Waals surface area (Å²) in [6.45, 7) is 1.63. The molecular weight excluding hydrogens is 291 g/mol. The minimum Gasteiger partial charge on any atom is -0.496 e.